The van der Waals surface area contributed by atoms with Crippen molar-refractivity contribution in [2.45, 2.75) is 18.9 Å². The molecule has 1 amide bonds. The van der Waals surface area contributed by atoms with Gasteiger partial charge in [-0.25, -0.2) is 0 Å². The Morgan fingerprint density at radius 3 is 3.11 bits per heavy atom. The Bertz CT molecular complexity index is 528. The first-order valence-electron chi connectivity index (χ1n) is 6.11. The third kappa shape index (κ3) is 3.71. The summed E-state index contributed by atoms with van der Waals surface area (Å²) in [4.78, 5) is 12.0. The van der Waals surface area contributed by atoms with Crippen LogP contribution in [0, 0.1) is 11.8 Å². The van der Waals surface area contributed by atoms with Crippen LogP contribution in [-0.4, -0.2) is 25.2 Å². The zero-order chi connectivity index (χ0) is 13.7. The lowest BCUT2D eigenvalue weighted by atomic mass is 10.1. The number of ether oxygens (including phenoxy) is 1. The zero-order valence-electron chi connectivity index (χ0n) is 10.4. The summed E-state index contributed by atoms with van der Waals surface area (Å²) < 4.78 is 5.34. The molecule has 1 saturated heterocycles. The van der Waals surface area contributed by atoms with Crippen LogP contribution >= 0.6 is 11.6 Å². The number of nitrogens with two attached hydrogens (primary N) is 1. The van der Waals surface area contributed by atoms with Crippen LogP contribution in [0.2, 0.25) is 5.02 Å². The quantitative estimate of drug-likeness (QED) is 0.811. The maximum atomic E-state index is 12.0. The van der Waals surface area contributed by atoms with Gasteiger partial charge in [0.15, 0.2) is 0 Å². The summed E-state index contributed by atoms with van der Waals surface area (Å²) >= 11 is 5.92. The molecule has 0 saturated carbocycles. The Kier molecular flexibility index (Phi) is 4.80. The van der Waals surface area contributed by atoms with Crippen molar-refractivity contribution in [1.82, 2.24) is 0 Å². The van der Waals surface area contributed by atoms with Crippen molar-refractivity contribution in [2.24, 2.45) is 5.73 Å². The van der Waals surface area contributed by atoms with Crippen molar-refractivity contribution < 1.29 is 9.53 Å². The second-order valence-corrected chi connectivity index (χ2v) is 4.62. The summed E-state index contributed by atoms with van der Waals surface area (Å²) in [6.07, 6.45) is 1.30. The summed E-state index contributed by atoms with van der Waals surface area (Å²) in [7, 11) is 0. The van der Waals surface area contributed by atoms with Gasteiger partial charge in [0.2, 0.25) is 0 Å². The van der Waals surface area contributed by atoms with Gasteiger partial charge in [-0.1, -0.05) is 23.4 Å². The molecule has 1 fully saturated rings. The van der Waals surface area contributed by atoms with Gasteiger partial charge in [0.1, 0.15) is 6.10 Å². The predicted octanol–water partition coefficient (Wildman–Crippen LogP) is 1.77. The van der Waals surface area contributed by atoms with Crippen LogP contribution in [0.3, 0.4) is 0 Å². The number of halogens is 1. The lowest BCUT2D eigenvalue weighted by Crippen LogP contribution is -2.27. The van der Waals surface area contributed by atoms with E-state index in [0.717, 1.165) is 12.8 Å². The lowest BCUT2D eigenvalue weighted by molar-refractivity contribution is -0.124. The van der Waals surface area contributed by atoms with Gasteiger partial charge in [0, 0.05) is 17.2 Å². The highest BCUT2D eigenvalue weighted by Crippen LogP contribution is 2.21. The van der Waals surface area contributed by atoms with E-state index in [1.165, 1.54) is 0 Å². The van der Waals surface area contributed by atoms with E-state index in [4.69, 9.17) is 22.1 Å². The maximum absolute atomic E-state index is 12.0. The first kappa shape index (κ1) is 13.9. The van der Waals surface area contributed by atoms with E-state index in [1.807, 2.05) is 0 Å². The van der Waals surface area contributed by atoms with E-state index < -0.39 is 0 Å². The van der Waals surface area contributed by atoms with Crippen LogP contribution in [0.25, 0.3) is 0 Å². The standard InChI is InChI=1S/C14H15ClN2O2/c15-11-5-6-12(10(9-11)3-1-7-16)17-14(18)13-4-2-8-19-13/h5-6,9,13H,2,4,7-8,16H2,(H,17,18). The number of amides is 1. The van der Waals surface area contributed by atoms with Crippen LogP contribution in [-0.2, 0) is 9.53 Å². The van der Waals surface area contributed by atoms with E-state index in [9.17, 15) is 4.79 Å². The van der Waals surface area contributed by atoms with Gasteiger partial charge in [-0.2, -0.15) is 0 Å². The largest absolute Gasteiger partial charge is 0.368 e. The molecule has 1 unspecified atom stereocenters. The van der Waals surface area contributed by atoms with E-state index in [1.54, 1.807) is 18.2 Å². The third-order valence-electron chi connectivity index (χ3n) is 2.79. The average molecular weight is 279 g/mol. The number of carbonyl (C=O) groups is 1. The average Bonchev–Trinajstić information content (AvgIpc) is 2.93. The molecule has 4 nitrogen and oxygen atoms in total. The molecule has 1 aliphatic heterocycles. The summed E-state index contributed by atoms with van der Waals surface area (Å²) in [5, 5.41) is 3.39. The fourth-order valence-corrected chi connectivity index (χ4v) is 2.04. The molecule has 19 heavy (non-hydrogen) atoms. The van der Waals surface area contributed by atoms with Gasteiger partial charge >= 0.3 is 0 Å². The molecule has 1 aromatic rings. The molecule has 0 aromatic heterocycles. The summed E-state index contributed by atoms with van der Waals surface area (Å²) in [6.45, 7) is 0.893. The summed E-state index contributed by atoms with van der Waals surface area (Å²) in [5.74, 6) is 5.50. The van der Waals surface area contributed by atoms with Crippen LogP contribution < -0.4 is 11.1 Å². The second kappa shape index (κ2) is 6.58. The fraction of sp³-hybridized carbons (Fsp3) is 0.357. The lowest BCUT2D eigenvalue weighted by Gasteiger charge is -2.12. The summed E-state index contributed by atoms with van der Waals surface area (Å²) in [5.41, 5.74) is 6.64. The van der Waals surface area contributed by atoms with E-state index in [0.29, 0.717) is 22.9 Å². The van der Waals surface area contributed by atoms with Crippen molar-refractivity contribution >= 4 is 23.2 Å². The number of hydrogen-bond donors (Lipinski definition) is 2. The van der Waals surface area contributed by atoms with Crippen LogP contribution in [0.4, 0.5) is 5.69 Å². The molecule has 0 spiro atoms. The number of benzene rings is 1. The number of rotatable bonds is 2. The van der Waals surface area contributed by atoms with Gasteiger partial charge in [0.05, 0.1) is 12.2 Å². The Balaban J connectivity index is 2.16. The minimum atomic E-state index is -0.369. The highest BCUT2D eigenvalue weighted by Gasteiger charge is 2.23. The minimum absolute atomic E-state index is 0.143. The number of anilines is 1. The molecular weight excluding hydrogens is 264 g/mol. The molecule has 1 aromatic carbocycles. The maximum Gasteiger partial charge on any atom is 0.253 e. The second-order valence-electron chi connectivity index (χ2n) is 4.19. The fourth-order valence-electron chi connectivity index (χ4n) is 1.87. The van der Waals surface area contributed by atoms with Crippen molar-refractivity contribution in [3.63, 3.8) is 0 Å². The first-order valence-corrected chi connectivity index (χ1v) is 6.49. The molecule has 0 radical (unpaired) electrons. The Hall–Kier alpha value is -1.54. The van der Waals surface area contributed by atoms with E-state index in [-0.39, 0.29) is 18.6 Å². The highest BCUT2D eigenvalue weighted by atomic mass is 35.5. The van der Waals surface area contributed by atoms with Crippen molar-refractivity contribution in [3.05, 3.63) is 28.8 Å². The molecule has 0 aliphatic carbocycles. The van der Waals surface area contributed by atoms with Gasteiger partial charge in [-0.15, -0.1) is 0 Å². The third-order valence-corrected chi connectivity index (χ3v) is 3.02. The molecule has 5 heteroatoms. The Morgan fingerprint density at radius 1 is 1.58 bits per heavy atom. The molecule has 1 heterocycles. The molecule has 1 aliphatic rings. The Labute approximate surface area is 117 Å². The minimum Gasteiger partial charge on any atom is -0.368 e. The normalized spacial score (nSPS) is 17.7. The van der Waals surface area contributed by atoms with Crippen molar-refractivity contribution in [1.29, 1.82) is 0 Å². The Morgan fingerprint density at radius 2 is 2.42 bits per heavy atom. The molecule has 1 atom stereocenters. The molecule has 2 rings (SSSR count). The summed E-state index contributed by atoms with van der Waals surface area (Å²) in [6, 6.07) is 5.14. The van der Waals surface area contributed by atoms with Crippen molar-refractivity contribution in [2.75, 3.05) is 18.5 Å². The van der Waals surface area contributed by atoms with Crippen LogP contribution in [0.15, 0.2) is 18.2 Å². The monoisotopic (exact) mass is 278 g/mol. The van der Waals surface area contributed by atoms with Crippen LogP contribution in [0.5, 0.6) is 0 Å². The topological polar surface area (TPSA) is 64.3 Å². The van der Waals surface area contributed by atoms with Crippen molar-refractivity contribution in [3.8, 4) is 11.8 Å². The SMILES string of the molecule is NCC#Cc1cc(Cl)ccc1NC(=O)C1CCCO1. The molecule has 3 N–H and O–H groups in total. The first-order chi connectivity index (χ1) is 9.20. The van der Waals surface area contributed by atoms with E-state index in [2.05, 4.69) is 17.2 Å². The highest BCUT2D eigenvalue weighted by molar-refractivity contribution is 6.30. The molecular formula is C14H15ClN2O2. The van der Waals surface area contributed by atoms with Crippen LogP contribution in [0.1, 0.15) is 18.4 Å². The smallest absolute Gasteiger partial charge is 0.253 e. The zero-order valence-corrected chi connectivity index (χ0v) is 11.2. The number of carbonyl (C=O) groups excluding carboxylic acids is 1. The van der Waals surface area contributed by atoms with Gasteiger partial charge in [-0.05, 0) is 31.0 Å². The number of hydrogen-bond acceptors (Lipinski definition) is 3. The molecule has 0 bridgehead atoms. The predicted molar refractivity (Wildman–Crippen MR) is 75.0 cm³/mol. The van der Waals surface area contributed by atoms with E-state index >= 15 is 0 Å². The molecule has 100 valence electrons. The number of nitrogens with one attached hydrogen (secondary N) is 1. The van der Waals surface area contributed by atoms with Gasteiger partial charge < -0.3 is 15.8 Å². The van der Waals surface area contributed by atoms with Gasteiger partial charge in [0.25, 0.3) is 5.91 Å². The van der Waals surface area contributed by atoms with Gasteiger partial charge in [-0.3, -0.25) is 4.79 Å².